The van der Waals surface area contributed by atoms with Crippen molar-refractivity contribution in [2.75, 3.05) is 19.7 Å². The van der Waals surface area contributed by atoms with Crippen LogP contribution in [0.4, 0.5) is 0 Å². The molecule has 1 heterocycles. The van der Waals surface area contributed by atoms with Gasteiger partial charge in [-0.2, -0.15) is 4.31 Å². The number of carbonyl (C=O) groups excluding carboxylic acids is 2. The standard InChI is InChI=1S/C25H31NO6S/c1-4-18(3)22-8-6-7-9-23(22)32-25(28)20-14-16-26(17-15-20)33(29,30)21-12-10-19(11-13-21)24(27)31-5-2/h6-13,18,20H,4-5,14-17H2,1-3H3. The molecule has 1 fully saturated rings. The number of esters is 2. The van der Waals surface area contributed by atoms with E-state index in [2.05, 4.69) is 13.8 Å². The normalized spacial score (nSPS) is 16.2. The third-order valence-electron chi connectivity index (χ3n) is 6.06. The summed E-state index contributed by atoms with van der Waals surface area (Å²) in [7, 11) is -3.72. The van der Waals surface area contributed by atoms with E-state index in [4.69, 9.17) is 9.47 Å². The second kappa shape index (κ2) is 10.9. The number of benzene rings is 2. The summed E-state index contributed by atoms with van der Waals surface area (Å²) in [6.45, 7) is 6.60. The molecule has 0 aliphatic carbocycles. The Kier molecular flexibility index (Phi) is 8.26. The van der Waals surface area contributed by atoms with Gasteiger partial charge in [0.1, 0.15) is 5.75 Å². The summed E-state index contributed by atoms with van der Waals surface area (Å²) in [5.41, 5.74) is 1.30. The first kappa shape index (κ1) is 24.9. The largest absolute Gasteiger partial charge is 0.462 e. The summed E-state index contributed by atoms with van der Waals surface area (Å²) in [5.74, 6) is -0.310. The second-order valence-electron chi connectivity index (χ2n) is 8.19. The lowest BCUT2D eigenvalue weighted by Crippen LogP contribution is -2.41. The number of para-hydroxylation sites is 1. The maximum absolute atomic E-state index is 13.0. The molecule has 0 saturated carbocycles. The average molecular weight is 474 g/mol. The molecule has 1 aliphatic heterocycles. The summed E-state index contributed by atoms with van der Waals surface area (Å²) >= 11 is 0. The van der Waals surface area contributed by atoms with E-state index in [0.29, 0.717) is 24.2 Å². The average Bonchev–Trinajstić information content (AvgIpc) is 2.84. The number of ether oxygens (including phenoxy) is 2. The SMILES string of the molecule is CCOC(=O)c1ccc(S(=O)(=O)N2CCC(C(=O)Oc3ccccc3C(C)CC)CC2)cc1. The first-order chi connectivity index (χ1) is 15.8. The molecule has 2 aromatic carbocycles. The second-order valence-corrected chi connectivity index (χ2v) is 10.1. The van der Waals surface area contributed by atoms with Gasteiger partial charge in [-0.1, -0.05) is 32.0 Å². The number of rotatable bonds is 8. The highest BCUT2D eigenvalue weighted by Crippen LogP contribution is 2.31. The third-order valence-corrected chi connectivity index (χ3v) is 7.98. The molecule has 8 heteroatoms. The van der Waals surface area contributed by atoms with Gasteiger partial charge in [0.25, 0.3) is 0 Å². The van der Waals surface area contributed by atoms with E-state index >= 15 is 0 Å². The number of nitrogens with zero attached hydrogens (tertiary/aromatic N) is 1. The Bertz CT molecular complexity index is 1070. The van der Waals surface area contributed by atoms with Crippen molar-refractivity contribution >= 4 is 22.0 Å². The predicted octanol–water partition coefficient (Wildman–Crippen LogP) is 4.38. The summed E-state index contributed by atoms with van der Waals surface area (Å²) in [4.78, 5) is 24.7. The van der Waals surface area contributed by atoms with Crippen LogP contribution in [0.2, 0.25) is 0 Å². The molecule has 0 radical (unpaired) electrons. The van der Waals surface area contributed by atoms with E-state index in [1.54, 1.807) is 13.0 Å². The van der Waals surface area contributed by atoms with Crippen molar-refractivity contribution in [3.05, 3.63) is 59.7 Å². The molecule has 7 nitrogen and oxygen atoms in total. The molecule has 0 bridgehead atoms. The van der Waals surface area contributed by atoms with E-state index < -0.39 is 16.0 Å². The zero-order valence-electron chi connectivity index (χ0n) is 19.3. The van der Waals surface area contributed by atoms with Crippen molar-refractivity contribution in [2.45, 2.75) is 50.8 Å². The summed E-state index contributed by atoms with van der Waals surface area (Å²) < 4.78 is 38.0. The molecule has 0 spiro atoms. The molecule has 0 N–H and O–H groups in total. The fourth-order valence-electron chi connectivity index (χ4n) is 3.85. The maximum Gasteiger partial charge on any atom is 0.338 e. The Hall–Kier alpha value is -2.71. The van der Waals surface area contributed by atoms with Crippen molar-refractivity contribution in [3.63, 3.8) is 0 Å². The summed E-state index contributed by atoms with van der Waals surface area (Å²) in [6.07, 6.45) is 1.72. The summed E-state index contributed by atoms with van der Waals surface area (Å²) in [6, 6.07) is 13.3. The molecule has 1 saturated heterocycles. The van der Waals surface area contributed by atoms with Crippen LogP contribution in [0.15, 0.2) is 53.4 Å². The van der Waals surface area contributed by atoms with Gasteiger partial charge in [-0.3, -0.25) is 4.79 Å². The van der Waals surface area contributed by atoms with E-state index in [0.717, 1.165) is 12.0 Å². The molecule has 33 heavy (non-hydrogen) atoms. The van der Waals surface area contributed by atoms with Gasteiger partial charge in [0.2, 0.25) is 10.0 Å². The lowest BCUT2D eigenvalue weighted by molar-refractivity contribution is -0.140. The Morgan fingerprint density at radius 2 is 1.67 bits per heavy atom. The van der Waals surface area contributed by atoms with E-state index in [9.17, 15) is 18.0 Å². The third kappa shape index (κ3) is 5.81. The monoisotopic (exact) mass is 473 g/mol. The number of piperidine rings is 1. The highest BCUT2D eigenvalue weighted by atomic mass is 32.2. The van der Waals surface area contributed by atoms with E-state index in [-0.39, 0.29) is 42.4 Å². The van der Waals surface area contributed by atoms with Crippen LogP contribution < -0.4 is 4.74 Å². The quantitative estimate of drug-likeness (QED) is 0.417. The molecule has 178 valence electrons. The number of carbonyl (C=O) groups is 2. The number of hydrogen-bond donors (Lipinski definition) is 0. The number of hydrogen-bond acceptors (Lipinski definition) is 6. The van der Waals surface area contributed by atoms with Crippen LogP contribution in [0.3, 0.4) is 0 Å². The molecule has 1 atom stereocenters. The van der Waals surface area contributed by atoms with Crippen LogP contribution >= 0.6 is 0 Å². The molecule has 1 aliphatic rings. The summed E-state index contributed by atoms with van der Waals surface area (Å²) in [5, 5.41) is 0. The Morgan fingerprint density at radius 1 is 1.03 bits per heavy atom. The van der Waals surface area contributed by atoms with Crippen LogP contribution in [0.5, 0.6) is 5.75 Å². The van der Waals surface area contributed by atoms with E-state index in [1.807, 2.05) is 18.2 Å². The minimum atomic E-state index is -3.72. The fraction of sp³-hybridized carbons (Fsp3) is 0.440. The van der Waals surface area contributed by atoms with Gasteiger partial charge in [-0.05, 0) is 68.0 Å². The van der Waals surface area contributed by atoms with Gasteiger partial charge >= 0.3 is 11.9 Å². The first-order valence-corrected chi connectivity index (χ1v) is 12.8. The van der Waals surface area contributed by atoms with Crippen LogP contribution in [0.25, 0.3) is 0 Å². The zero-order valence-corrected chi connectivity index (χ0v) is 20.1. The highest BCUT2D eigenvalue weighted by Gasteiger charge is 2.33. The molecule has 0 amide bonds. The van der Waals surface area contributed by atoms with Crippen LogP contribution in [-0.2, 0) is 19.6 Å². The van der Waals surface area contributed by atoms with Gasteiger partial charge in [0.15, 0.2) is 0 Å². The van der Waals surface area contributed by atoms with Gasteiger partial charge in [-0.25, -0.2) is 13.2 Å². The van der Waals surface area contributed by atoms with Crippen LogP contribution in [-0.4, -0.2) is 44.4 Å². The van der Waals surface area contributed by atoms with E-state index in [1.165, 1.54) is 28.6 Å². The molecule has 2 aromatic rings. The lowest BCUT2D eigenvalue weighted by Gasteiger charge is -2.30. The molecule has 3 rings (SSSR count). The highest BCUT2D eigenvalue weighted by molar-refractivity contribution is 7.89. The Morgan fingerprint density at radius 3 is 2.27 bits per heavy atom. The minimum Gasteiger partial charge on any atom is -0.462 e. The van der Waals surface area contributed by atoms with Crippen molar-refractivity contribution in [2.24, 2.45) is 5.92 Å². The molecular formula is C25H31NO6S. The zero-order chi connectivity index (χ0) is 24.0. The van der Waals surface area contributed by atoms with Crippen molar-refractivity contribution in [3.8, 4) is 5.75 Å². The maximum atomic E-state index is 13.0. The Labute approximate surface area is 195 Å². The van der Waals surface area contributed by atoms with Crippen molar-refractivity contribution < 1.29 is 27.5 Å². The Balaban J connectivity index is 1.62. The van der Waals surface area contributed by atoms with Crippen molar-refractivity contribution in [1.29, 1.82) is 0 Å². The number of sulfonamides is 1. The minimum absolute atomic E-state index is 0.110. The molecular weight excluding hydrogens is 442 g/mol. The fourth-order valence-corrected chi connectivity index (χ4v) is 5.32. The molecule has 1 unspecified atom stereocenters. The van der Waals surface area contributed by atoms with Crippen molar-refractivity contribution in [1.82, 2.24) is 4.31 Å². The first-order valence-electron chi connectivity index (χ1n) is 11.4. The van der Waals surface area contributed by atoms with Crippen LogP contribution in [0, 0.1) is 5.92 Å². The lowest BCUT2D eigenvalue weighted by atomic mass is 9.97. The smallest absolute Gasteiger partial charge is 0.338 e. The van der Waals surface area contributed by atoms with Gasteiger partial charge < -0.3 is 9.47 Å². The van der Waals surface area contributed by atoms with Gasteiger partial charge in [-0.15, -0.1) is 0 Å². The van der Waals surface area contributed by atoms with Gasteiger partial charge in [0, 0.05) is 13.1 Å². The van der Waals surface area contributed by atoms with Gasteiger partial charge in [0.05, 0.1) is 23.0 Å². The molecule has 0 aromatic heterocycles. The predicted molar refractivity (Wildman–Crippen MR) is 125 cm³/mol. The van der Waals surface area contributed by atoms with Crippen LogP contribution in [0.1, 0.15) is 61.9 Å². The topological polar surface area (TPSA) is 90.0 Å².